The van der Waals surface area contributed by atoms with Gasteiger partial charge in [0.1, 0.15) is 17.4 Å². The van der Waals surface area contributed by atoms with Crippen molar-refractivity contribution in [1.82, 2.24) is 25.4 Å². The molecule has 8 nitrogen and oxygen atoms in total. The Bertz CT molecular complexity index is 1400. The maximum Gasteiger partial charge on any atom is 0.322 e. The topological polar surface area (TPSA) is 100 Å². The van der Waals surface area contributed by atoms with Crippen LogP contribution in [-0.2, 0) is 13.0 Å². The molecule has 2 aromatic heterocycles. The number of H-pyrrole nitrogens is 1. The van der Waals surface area contributed by atoms with Gasteiger partial charge in [-0.1, -0.05) is 29.5 Å². The van der Waals surface area contributed by atoms with Crippen LogP contribution in [0.15, 0.2) is 59.4 Å². The summed E-state index contributed by atoms with van der Waals surface area (Å²) in [5, 5.41) is 11.6. The maximum absolute atomic E-state index is 12.9. The van der Waals surface area contributed by atoms with E-state index in [2.05, 4.69) is 25.4 Å². The van der Waals surface area contributed by atoms with Crippen molar-refractivity contribution in [3.63, 3.8) is 0 Å². The average Bonchev–Trinajstić information content (AvgIpc) is 3.41. The minimum atomic E-state index is -0.151. The molecule has 2 unspecified atom stereocenters. The third-order valence-electron chi connectivity index (χ3n) is 6.30. The second-order valence-corrected chi connectivity index (χ2v) is 10.1. The molecule has 1 aliphatic rings. The Morgan fingerprint density at radius 2 is 2.00 bits per heavy atom. The van der Waals surface area contributed by atoms with Gasteiger partial charge in [0.2, 0.25) is 0 Å². The van der Waals surface area contributed by atoms with Crippen LogP contribution in [0.1, 0.15) is 26.6 Å². The van der Waals surface area contributed by atoms with Crippen LogP contribution < -0.4 is 14.9 Å². The number of rotatable bonds is 7. The molecule has 9 heteroatoms. The summed E-state index contributed by atoms with van der Waals surface area (Å²) < 4.78 is 6.02. The summed E-state index contributed by atoms with van der Waals surface area (Å²) in [5.74, 6) is 0.781. The van der Waals surface area contributed by atoms with E-state index in [9.17, 15) is 9.59 Å². The van der Waals surface area contributed by atoms with Gasteiger partial charge in [-0.3, -0.25) is 14.6 Å². The number of carbonyl (C=O) groups excluding carboxylic acids is 1. The number of aromatic amines is 1. The molecular weight excluding hydrogens is 462 g/mol. The molecule has 4 aromatic rings. The molecule has 2 atom stereocenters. The van der Waals surface area contributed by atoms with E-state index in [0.29, 0.717) is 24.3 Å². The number of aryl methyl sites for hydroxylation is 1. The van der Waals surface area contributed by atoms with Crippen molar-refractivity contribution in [2.45, 2.75) is 26.0 Å². The molecule has 1 saturated heterocycles. The predicted octanol–water partition coefficient (Wildman–Crippen LogP) is 3.17. The summed E-state index contributed by atoms with van der Waals surface area (Å²) in [6.07, 6.45) is 0.661. The Balaban J connectivity index is 1.22. The smallest absolute Gasteiger partial charge is 0.322 e. The second kappa shape index (κ2) is 9.97. The van der Waals surface area contributed by atoms with Crippen LogP contribution in [-0.4, -0.2) is 52.2 Å². The minimum absolute atomic E-state index is 0.00867. The Kier molecular flexibility index (Phi) is 6.61. The molecular formula is C26H27N5O3S. The normalized spacial score (nSPS) is 18.1. The fourth-order valence-electron chi connectivity index (χ4n) is 4.66. The van der Waals surface area contributed by atoms with Gasteiger partial charge in [-0.05, 0) is 56.3 Å². The number of nitrogens with zero attached hydrogens (tertiary/aromatic N) is 3. The highest BCUT2D eigenvalue weighted by Crippen LogP contribution is 2.23. The van der Waals surface area contributed by atoms with Crippen LogP contribution >= 0.6 is 11.3 Å². The van der Waals surface area contributed by atoms with E-state index in [1.165, 1.54) is 0 Å². The van der Waals surface area contributed by atoms with Gasteiger partial charge in [-0.25, -0.2) is 5.10 Å². The highest BCUT2D eigenvalue weighted by Gasteiger charge is 2.33. The number of hydrogen-bond donors (Lipinski definition) is 2. The van der Waals surface area contributed by atoms with Crippen molar-refractivity contribution in [1.29, 1.82) is 0 Å². The predicted molar refractivity (Wildman–Crippen MR) is 136 cm³/mol. The highest BCUT2D eigenvalue weighted by molar-refractivity contribution is 7.08. The van der Waals surface area contributed by atoms with E-state index in [4.69, 9.17) is 4.74 Å². The molecule has 0 aliphatic carbocycles. The molecule has 0 spiro atoms. The van der Waals surface area contributed by atoms with Crippen molar-refractivity contribution in [3.8, 4) is 5.75 Å². The molecule has 1 aliphatic heterocycles. The lowest BCUT2D eigenvalue weighted by atomic mass is 9.99. The van der Waals surface area contributed by atoms with Crippen LogP contribution in [0.3, 0.4) is 0 Å². The van der Waals surface area contributed by atoms with E-state index in [-0.39, 0.29) is 22.7 Å². The third kappa shape index (κ3) is 5.41. The number of hydrogen-bond acceptors (Lipinski definition) is 7. The zero-order valence-electron chi connectivity index (χ0n) is 19.7. The van der Waals surface area contributed by atoms with E-state index < -0.39 is 0 Å². The monoisotopic (exact) mass is 489 g/mol. The molecule has 180 valence electrons. The Morgan fingerprint density at radius 1 is 1.20 bits per heavy atom. The summed E-state index contributed by atoms with van der Waals surface area (Å²) in [6.45, 7) is 4.00. The molecule has 35 heavy (non-hydrogen) atoms. The molecule has 2 aromatic carbocycles. The maximum atomic E-state index is 12.9. The van der Waals surface area contributed by atoms with Crippen LogP contribution in [0, 0.1) is 12.8 Å². The third-order valence-corrected chi connectivity index (χ3v) is 7.07. The molecule has 0 bridgehead atoms. The standard InChI is InChI=1S/C26H27N5O3S/c1-16-11-19(21-5-3-4-6-22(21)27-16)15-34-20-9-7-17(8-10-20)25(32)28-23-14-31(2)13-18(23)12-24-29-30-26(33)35-24/h3-11,18,23H,12-15H2,1-2H3,(H,28,32)(H,30,33). The van der Waals surface area contributed by atoms with Crippen LogP contribution in [0.5, 0.6) is 5.75 Å². The number of carbonyl (C=O) groups is 1. The minimum Gasteiger partial charge on any atom is -0.489 e. The lowest BCUT2D eigenvalue weighted by molar-refractivity contribution is 0.0930. The van der Waals surface area contributed by atoms with E-state index in [1.807, 2.05) is 56.4 Å². The number of likely N-dealkylation sites (tertiary alicyclic amines) is 1. The fourth-order valence-corrected chi connectivity index (χ4v) is 5.35. The van der Waals surface area contributed by atoms with E-state index >= 15 is 0 Å². The number of aromatic nitrogens is 3. The van der Waals surface area contributed by atoms with Crippen molar-refractivity contribution in [2.24, 2.45) is 5.92 Å². The molecule has 5 rings (SSSR count). The SMILES string of the molecule is Cc1cc(COc2ccc(C(=O)NC3CN(C)CC3Cc3n[nH]c(=O)s3)cc2)c2ccccc2n1. The van der Waals surface area contributed by atoms with Crippen molar-refractivity contribution < 1.29 is 9.53 Å². The number of fused-ring (bicyclic) bond motifs is 1. The Hall–Kier alpha value is -3.56. The second-order valence-electron chi connectivity index (χ2n) is 9.03. The fraction of sp³-hybridized carbons (Fsp3) is 0.308. The quantitative estimate of drug-likeness (QED) is 0.414. The number of likely N-dealkylation sites (N-methyl/N-ethyl adjacent to an activating group) is 1. The summed E-state index contributed by atoms with van der Waals surface area (Å²) >= 11 is 1.13. The summed E-state index contributed by atoms with van der Waals surface area (Å²) in [7, 11) is 2.03. The van der Waals surface area contributed by atoms with Crippen molar-refractivity contribution in [2.75, 3.05) is 20.1 Å². The number of amides is 1. The highest BCUT2D eigenvalue weighted by atomic mass is 32.1. The number of benzene rings is 2. The largest absolute Gasteiger partial charge is 0.489 e. The van der Waals surface area contributed by atoms with Gasteiger partial charge in [0.15, 0.2) is 0 Å². The zero-order valence-corrected chi connectivity index (χ0v) is 20.5. The first kappa shape index (κ1) is 23.2. The van der Waals surface area contributed by atoms with Crippen LogP contribution in [0.2, 0.25) is 0 Å². The van der Waals surface area contributed by atoms with Gasteiger partial charge in [-0.2, -0.15) is 5.10 Å². The number of para-hydroxylation sites is 1. The zero-order chi connectivity index (χ0) is 24.4. The van der Waals surface area contributed by atoms with E-state index in [1.54, 1.807) is 12.1 Å². The van der Waals surface area contributed by atoms with Gasteiger partial charge >= 0.3 is 4.87 Å². The Labute approximate surface area is 207 Å². The lowest BCUT2D eigenvalue weighted by Crippen LogP contribution is -2.41. The summed E-state index contributed by atoms with van der Waals surface area (Å²) in [4.78, 5) is 31.0. The van der Waals surface area contributed by atoms with Gasteiger partial charge in [-0.15, -0.1) is 0 Å². The lowest BCUT2D eigenvalue weighted by Gasteiger charge is -2.19. The molecule has 0 radical (unpaired) electrons. The molecule has 1 fully saturated rings. The summed E-state index contributed by atoms with van der Waals surface area (Å²) in [6, 6.07) is 17.3. The average molecular weight is 490 g/mol. The number of pyridine rings is 1. The molecule has 3 heterocycles. The first-order valence-corrected chi connectivity index (χ1v) is 12.4. The Morgan fingerprint density at radius 3 is 2.77 bits per heavy atom. The van der Waals surface area contributed by atoms with Crippen LogP contribution in [0.4, 0.5) is 0 Å². The van der Waals surface area contributed by atoms with E-state index in [0.717, 1.165) is 51.6 Å². The van der Waals surface area contributed by atoms with Crippen molar-refractivity contribution in [3.05, 3.63) is 86.1 Å². The first-order valence-electron chi connectivity index (χ1n) is 11.6. The van der Waals surface area contributed by atoms with Gasteiger partial charge < -0.3 is 15.0 Å². The number of nitrogens with one attached hydrogen (secondary N) is 2. The van der Waals surface area contributed by atoms with Crippen molar-refractivity contribution >= 4 is 28.1 Å². The van der Waals surface area contributed by atoms with Gasteiger partial charge in [0.25, 0.3) is 5.91 Å². The summed E-state index contributed by atoms with van der Waals surface area (Å²) in [5.41, 5.74) is 3.57. The number of ether oxygens (including phenoxy) is 1. The van der Waals surface area contributed by atoms with Crippen LogP contribution in [0.25, 0.3) is 10.9 Å². The molecule has 0 saturated carbocycles. The molecule has 2 N–H and O–H groups in total. The first-order chi connectivity index (χ1) is 16.9. The van der Waals surface area contributed by atoms with Gasteiger partial charge in [0, 0.05) is 47.8 Å². The van der Waals surface area contributed by atoms with Gasteiger partial charge in [0.05, 0.1) is 5.52 Å². The molecule has 1 amide bonds.